The molecule has 1 fully saturated rings. The molecule has 0 atom stereocenters. The van der Waals surface area contributed by atoms with Crippen molar-refractivity contribution in [3.05, 3.63) is 35.9 Å². The number of alkyl halides is 2. The molecule has 0 aliphatic carbocycles. The van der Waals surface area contributed by atoms with Crippen molar-refractivity contribution in [2.45, 2.75) is 12.8 Å². The third kappa shape index (κ3) is 3.52. The van der Waals surface area contributed by atoms with Gasteiger partial charge in [-0.25, -0.2) is 18.3 Å². The maximum absolute atomic E-state index is 13.1. The van der Waals surface area contributed by atoms with E-state index in [-0.39, 0.29) is 11.3 Å². The molecule has 9 nitrogen and oxygen atoms in total. The first-order valence-electron chi connectivity index (χ1n) is 8.83. The Morgan fingerprint density at radius 1 is 1.32 bits per heavy atom. The predicted octanol–water partition coefficient (Wildman–Crippen LogP) is 1.88. The smallest absolute Gasteiger partial charge is 0.284 e. The van der Waals surface area contributed by atoms with Crippen molar-refractivity contribution in [3.8, 4) is 0 Å². The minimum absolute atomic E-state index is 0.0392. The second kappa shape index (κ2) is 7.50. The normalized spacial score (nSPS) is 15.2. The zero-order valence-corrected chi connectivity index (χ0v) is 15.2. The van der Waals surface area contributed by atoms with Gasteiger partial charge in [-0.2, -0.15) is 10.2 Å². The molecule has 0 aromatic carbocycles. The Balaban J connectivity index is 1.63. The maximum Gasteiger partial charge on any atom is 0.284 e. The van der Waals surface area contributed by atoms with Crippen LogP contribution in [0.1, 0.15) is 28.9 Å². The number of carbonyl (C=O) groups is 1. The minimum atomic E-state index is -2.80. The molecule has 0 unspecified atom stereocenters. The fourth-order valence-corrected chi connectivity index (χ4v) is 3.12. The van der Waals surface area contributed by atoms with Crippen LogP contribution in [0.25, 0.3) is 5.65 Å². The topological polar surface area (TPSA) is 89.6 Å². The van der Waals surface area contributed by atoms with Crippen molar-refractivity contribution in [2.24, 2.45) is 7.05 Å². The number of aromatic nitrogens is 5. The van der Waals surface area contributed by atoms with E-state index in [1.807, 2.05) is 6.07 Å². The highest BCUT2D eigenvalue weighted by Crippen LogP contribution is 2.26. The minimum Gasteiger partial charge on any atom is -0.380 e. The van der Waals surface area contributed by atoms with Crippen LogP contribution >= 0.6 is 0 Å². The van der Waals surface area contributed by atoms with E-state index < -0.39 is 18.0 Å². The van der Waals surface area contributed by atoms with Crippen LogP contribution < -0.4 is 10.2 Å². The fourth-order valence-electron chi connectivity index (χ4n) is 3.12. The number of aryl methyl sites for hydroxylation is 1. The lowest BCUT2D eigenvalue weighted by molar-refractivity contribution is 0.102. The number of hydrogen-bond donors (Lipinski definition) is 1. The molecule has 4 rings (SSSR count). The number of carbonyl (C=O) groups excluding carboxylic acids is 1. The molecule has 0 spiro atoms. The summed E-state index contributed by atoms with van der Waals surface area (Å²) in [7, 11) is 1.51. The zero-order valence-electron chi connectivity index (χ0n) is 15.2. The molecule has 0 radical (unpaired) electrons. The molecule has 0 saturated carbocycles. The molecule has 1 saturated heterocycles. The monoisotopic (exact) mass is 391 g/mol. The Morgan fingerprint density at radius 3 is 3.00 bits per heavy atom. The first-order valence-corrected chi connectivity index (χ1v) is 8.83. The average molecular weight is 391 g/mol. The van der Waals surface area contributed by atoms with Gasteiger partial charge in [0, 0.05) is 39.1 Å². The van der Waals surface area contributed by atoms with Gasteiger partial charge < -0.3 is 15.0 Å². The summed E-state index contributed by atoms with van der Waals surface area (Å²) in [5.74, 6) is 0.135. The van der Waals surface area contributed by atoms with Gasteiger partial charge >= 0.3 is 0 Å². The highest BCUT2D eigenvalue weighted by atomic mass is 19.3. The standard InChI is InChI=1S/C17H19F2N7O2/c1-24-10-12(14(23-24)15(18)19)21-17(27)11-9-20-26-5-3-13(22-16(11)26)25-4-2-7-28-8-6-25/h3,5,9-10,15H,2,4,6-8H2,1H3,(H,21,27). The molecule has 3 aromatic rings. The van der Waals surface area contributed by atoms with Crippen molar-refractivity contribution < 1.29 is 18.3 Å². The zero-order chi connectivity index (χ0) is 19.7. The Kier molecular flexibility index (Phi) is 4.90. The quantitative estimate of drug-likeness (QED) is 0.731. The number of anilines is 2. The van der Waals surface area contributed by atoms with Gasteiger partial charge in [-0.05, 0) is 12.5 Å². The Labute approximate surface area is 158 Å². The van der Waals surface area contributed by atoms with Crippen molar-refractivity contribution >= 4 is 23.1 Å². The maximum atomic E-state index is 13.1. The number of fused-ring (bicyclic) bond motifs is 1. The molecule has 4 heterocycles. The third-order valence-corrected chi connectivity index (χ3v) is 4.46. The van der Waals surface area contributed by atoms with E-state index in [0.717, 1.165) is 13.0 Å². The van der Waals surface area contributed by atoms with Crippen LogP contribution in [0.2, 0.25) is 0 Å². The lowest BCUT2D eigenvalue weighted by Crippen LogP contribution is -2.27. The SMILES string of the molecule is Cn1cc(NC(=O)c2cnn3ccc(N4CCCOCC4)nc23)c(C(F)F)n1. The van der Waals surface area contributed by atoms with Crippen LogP contribution in [0.15, 0.2) is 24.7 Å². The van der Waals surface area contributed by atoms with Crippen LogP contribution in [-0.2, 0) is 11.8 Å². The number of hydrogen-bond acceptors (Lipinski definition) is 6. The van der Waals surface area contributed by atoms with E-state index in [2.05, 4.69) is 25.4 Å². The second-order valence-corrected chi connectivity index (χ2v) is 6.42. The van der Waals surface area contributed by atoms with Gasteiger partial charge in [-0.3, -0.25) is 9.48 Å². The molecule has 1 amide bonds. The predicted molar refractivity (Wildman–Crippen MR) is 96.8 cm³/mol. The molecule has 1 aliphatic heterocycles. The van der Waals surface area contributed by atoms with Gasteiger partial charge in [-0.1, -0.05) is 0 Å². The number of amides is 1. The van der Waals surface area contributed by atoms with E-state index in [9.17, 15) is 13.6 Å². The van der Waals surface area contributed by atoms with Gasteiger partial charge in [0.1, 0.15) is 11.4 Å². The van der Waals surface area contributed by atoms with Gasteiger partial charge in [0.2, 0.25) is 0 Å². The number of ether oxygens (including phenoxy) is 1. The Bertz CT molecular complexity index is 993. The number of nitrogens with one attached hydrogen (secondary N) is 1. The third-order valence-electron chi connectivity index (χ3n) is 4.46. The number of halogens is 2. The van der Waals surface area contributed by atoms with E-state index in [1.165, 1.54) is 28.6 Å². The Hall–Kier alpha value is -3.08. The van der Waals surface area contributed by atoms with Crippen molar-refractivity contribution in [1.29, 1.82) is 0 Å². The summed E-state index contributed by atoms with van der Waals surface area (Å²) in [6.07, 6.45) is 2.51. The van der Waals surface area contributed by atoms with Crippen molar-refractivity contribution in [3.63, 3.8) is 0 Å². The molecule has 148 valence electrons. The van der Waals surface area contributed by atoms with Crippen LogP contribution in [0.5, 0.6) is 0 Å². The molecule has 3 aromatic heterocycles. The summed E-state index contributed by atoms with van der Waals surface area (Å²) in [4.78, 5) is 19.3. The molecular weight excluding hydrogens is 372 g/mol. The first-order chi connectivity index (χ1) is 13.5. The average Bonchev–Trinajstić information content (AvgIpc) is 3.14. The van der Waals surface area contributed by atoms with E-state index >= 15 is 0 Å². The van der Waals surface area contributed by atoms with Gasteiger partial charge in [-0.15, -0.1) is 0 Å². The molecule has 1 N–H and O–H groups in total. The summed E-state index contributed by atoms with van der Waals surface area (Å²) in [5, 5.41) is 10.3. The summed E-state index contributed by atoms with van der Waals surface area (Å²) >= 11 is 0. The molecule has 1 aliphatic rings. The highest BCUT2D eigenvalue weighted by molar-refractivity contribution is 6.08. The van der Waals surface area contributed by atoms with Gasteiger partial charge in [0.05, 0.1) is 18.5 Å². The summed E-state index contributed by atoms with van der Waals surface area (Å²) < 4.78 is 34.4. The van der Waals surface area contributed by atoms with Crippen LogP contribution in [-0.4, -0.2) is 56.6 Å². The number of rotatable bonds is 4. The highest BCUT2D eigenvalue weighted by Gasteiger charge is 2.22. The fraction of sp³-hybridized carbons (Fsp3) is 0.412. The largest absolute Gasteiger partial charge is 0.380 e. The molecule has 11 heteroatoms. The van der Waals surface area contributed by atoms with E-state index in [4.69, 9.17) is 4.74 Å². The van der Waals surface area contributed by atoms with E-state index in [1.54, 1.807) is 6.20 Å². The first kappa shape index (κ1) is 18.3. The van der Waals surface area contributed by atoms with Crippen LogP contribution in [0, 0.1) is 0 Å². The summed E-state index contributed by atoms with van der Waals surface area (Å²) in [6, 6.07) is 1.82. The number of nitrogens with zero attached hydrogens (tertiary/aromatic N) is 6. The second-order valence-electron chi connectivity index (χ2n) is 6.42. The van der Waals surface area contributed by atoms with Gasteiger partial charge in [0.25, 0.3) is 12.3 Å². The summed E-state index contributed by atoms with van der Waals surface area (Å²) in [6.45, 7) is 2.81. The van der Waals surface area contributed by atoms with Crippen LogP contribution in [0.3, 0.4) is 0 Å². The molecular formula is C17H19F2N7O2. The van der Waals surface area contributed by atoms with Crippen molar-refractivity contribution in [1.82, 2.24) is 24.4 Å². The lowest BCUT2D eigenvalue weighted by atomic mass is 10.3. The summed E-state index contributed by atoms with van der Waals surface area (Å²) in [5.41, 5.74) is 0.0212. The lowest BCUT2D eigenvalue weighted by Gasteiger charge is -2.20. The molecule has 0 bridgehead atoms. The van der Waals surface area contributed by atoms with Gasteiger partial charge in [0.15, 0.2) is 11.3 Å². The molecule has 28 heavy (non-hydrogen) atoms. The van der Waals surface area contributed by atoms with Crippen molar-refractivity contribution in [2.75, 3.05) is 36.5 Å². The van der Waals surface area contributed by atoms with E-state index in [0.29, 0.717) is 31.2 Å². The van der Waals surface area contributed by atoms with Crippen LogP contribution in [0.4, 0.5) is 20.3 Å². The Morgan fingerprint density at radius 2 is 2.18 bits per heavy atom.